The first-order chi connectivity index (χ1) is 13.3. The van der Waals surface area contributed by atoms with Crippen molar-refractivity contribution < 1.29 is 4.74 Å². The fourth-order valence-electron chi connectivity index (χ4n) is 3.51. The van der Waals surface area contributed by atoms with E-state index >= 15 is 0 Å². The predicted molar refractivity (Wildman–Crippen MR) is 106 cm³/mol. The maximum absolute atomic E-state index is 6.05. The Hall–Kier alpha value is -2.77. The second kappa shape index (κ2) is 6.75. The SMILES string of the molecule is Cc1ccccc1C1CN(c2ccc3nnc(-c4ccsc4)n3n2)CCO1. The van der Waals surface area contributed by atoms with Crippen LogP contribution in [0.15, 0.2) is 53.2 Å². The molecule has 27 heavy (non-hydrogen) atoms. The Morgan fingerprint density at radius 2 is 2.04 bits per heavy atom. The van der Waals surface area contributed by atoms with Crippen LogP contribution in [0.25, 0.3) is 17.0 Å². The van der Waals surface area contributed by atoms with E-state index in [1.807, 2.05) is 28.1 Å². The number of ether oxygens (including phenoxy) is 1. The van der Waals surface area contributed by atoms with E-state index in [1.54, 1.807) is 11.3 Å². The number of hydrogen-bond donors (Lipinski definition) is 0. The van der Waals surface area contributed by atoms with Crippen molar-refractivity contribution in [2.45, 2.75) is 13.0 Å². The zero-order chi connectivity index (χ0) is 18.2. The summed E-state index contributed by atoms with van der Waals surface area (Å²) in [6.45, 7) is 4.40. The van der Waals surface area contributed by atoms with Gasteiger partial charge in [0.1, 0.15) is 11.9 Å². The molecule has 0 aliphatic carbocycles. The van der Waals surface area contributed by atoms with Crippen LogP contribution in [-0.4, -0.2) is 39.5 Å². The molecule has 1 aromatic carbocycles. The largest absolute Gasteiger partial charge is 0.370 e. The molecule has 5 rings (SSSR count). The zero-order valence-electron chi connectivity index (χ0n) is 14.9. The van der Waals surface area contributed by atoms with Gasteiger partial charge in [-0.05, 0) is 41.6 Å². The third-order valence-electron chi connectivity index (χ3n) is 4.95. The minimum atomic E-state index is 0.0507. The Morgan fingerprint density at radius 1 is 1.11 bits per heavy atom. The van der Waals surface area contributed by atoms with E-state index in [4.69, 9.17) is 9.84 Å². The van der Waals surface area contributed by atoms with Crippen molar-refractivity contribution in [2.24, 2.45) is 0 Å². The molecule has 4 aromatic rings. The summed E-state index contributed by atoms with van der Waals surface area (Å²) in [4.78, 5) is 2.28. The summed E-state index contributed by atoms with van der Waals surface area (Å²) in [5.41, 5.74) is 4.29. The zero-order valence-corrected chi connectivity index (χ0v) is 15.8. The minimum absolute atomic E-state index is 0.0507. The Kier molecular flexibility index (Phi) is 4.10. The van der Waals surface area contributed by atoms with Crippen molar-refractivity contribution in [1.82, 2.24) is 19.8 Å². The number of hydrogen-bond acceptors (Lipinski definition) is 6. The highest BCUT2D eigenvalue weighted by Gasteiger charge is 2.24. The summed E-state index contributed by atoms with van der Waals surface area (Å²) in [6.07, 6.45) is 0.0507. The van der Waals surface area contributed by atoms with Crippen LogP contribution in [-0.2, 0) is 4.74 Å². The molecule has 1 aliphatic heterocycles. The molecule has 7 heteroatoms. The van der Waals surface area contributed by atoms with Crippen LogP contribution in [0.1, 0.15) is 17.2 Å². The van der Waals surface area contributed by atoms with Crippen molar-refractivity contribution in [3.63, 3.8) is 0 Å². The lowest BCUT2D eigenvalue weighted by molar-refractivity contribution is 0.0391. The molecule has 0 amide bonds. The van der Waals surface area contributed by atoms with Gasteiger partial charge in [-0.2, -0.15) is 15.9 Å². The number of aryl methyl sites for hydroxylation is 1. The van der Waals surface area contributed by atoms with Gasteiger partial charge < -0.3 is 9.64 Å². The first-order valence-electron chi connectivity index (χ1n) is 8.97. The summed E-state index contributed by atoms with van der Waals surface area (Å²) in [7, 11) is 0. The molecule has 0 bridgehead atoms. The van der Waals surface area contributed by atoms with Crippen LogP contribution in [0.3, 0.4) is 0 Å². The monoisotopic (exact) mass is 377 g/mol. The van der Waals surface area contributed by atoms with Gasteiger partial charge in [0.25, 0.3) is 0 Å². The van der Waals surface area contributed by atoms with Gasteiger partial charge in [0.05, 0.1) is 6.61 Å². The van der Waals surface area contributed by atoms with E-state index in [2.05, 4.69) is 51.7 Å². The number of morpholine rings is 1. The van der Waals surface area contributed by atoms with Crippen LogP contribution in [0, 0.1) is 6.92 Å². The van der Waals surface area contributed by atoms with Gasteiger partial charge in [-0.25, -0.2) is 0 Å². The highest BCUT2D eigenvalue weighted by molar-refractivity contribution is 7.08. The topological polar surface area (TPSA) is 55.6 Å². The molecule has 0 N–H and O–H groups in total. The van der Waals surface area contributed by atoms with E-state index in [0.717, 1.165) is 35.9 Å². The fraction of sp³-hybridized carbons (Fsp3) is 0.250. The molecule has 3 aromatic heterocycles. The van der Waals surface area contributed by atoms with Crippen LogP contribution in [0.5, 0.6) is 0 Å². The molecule has 1 atom stereocenters. The third-order valence-corrected chi connectivity index (χ3v) is 5.64. The van der Waals surface area contributed by atoms with Crippen molar-refractivity contribution in [1.29, 1.82) is 0 Å². The van der Waals surface area contributed by atoms with Gasteiger partial charge in [0.2, 0.25) is 0 Å². The van der Waals surface area contributed by atoms with Crippen LogP contribution < -0.4 is 4.90 Å². The molecular formula is C20H19N5OS. The van der Waals surface area contributed by atoms with Gasteiger partial charge in [0, 0.05) is 24.0 Å². The Labute approximate surface area is 161 Å². The van der Waals surface area contributed by atoms with Gasteiger partial charge in [-0.15, -0.1) is 15.3 Å². The maximum Gasteiger partial charge on any atom is 0.186 e. The minimum Gasteiger partial charge on any atom is -0.370 e. The average molecular weight is 377 g/mol. The normalized spacial score (nSPS) is 17.5. The lowest BCUT2D eigenvalue weighted by atomic mass is 10.0. The lowest BCUT2D eigenvalue weighted by Gasteiger charge is -2.34. The van der Waals surface area contributed by atoms with Crippen LogP contribution >= 0.6 is 11.3 Å². The summed E-state index contributed by atoms with van der Waals surface area (Å²) in [5.74, 6) is 1.69. The molecule has 1 fully saturated rings. The van der Waals surface area contributed by atoms with E-state index in [-0.39, 0.29) is 6.10 Å². The highest BCUT2D eigenvalue weighted by atomic mass is 32.1. The van der Waals surface area contributed by atoms with Crippen LogP contribution in [0.2, 0.25) is 0 Å². The first-order valence-corrected chi connectivity index (χ1v) is 9.91. The van der Waals surface area contributed by atoms with Crippen LogP contribution in [0.4, 0.5) is 5.82 Å². The Balaban J connectivity index is 1.48. The Bertz CT molecular complexity index is 1080. The Morgan fingerprint density at radius 3 is 2.89 bits per heavy atom. The van der Waals surface area contributed by atoms with Crippen molar-refractivity contribution in [3.8, 4) is 11.4 Å². The van der Waals surface area contributed by atoms with E-state index < -0.39 is 0 Å². The molecule has 6 nitrogen and oxygen atoms in total. The fourth-order valence-corrected chi connectivity index (χ4v) is 4.15. The number of anilines is 1. The molecule has 1 unspecified atom stereocenters. The number of nitrogens with zero attached hydrogens (tertiary/aromatic N) is 5. The van der Waals surface area contributed by atoms with Gasteiger partial charge in [0.15, 0.2) is 11.5 Å². The summed E-state index contributed by atoms with van der Waals surface area (Å²) in [6, 6.07) is 14.4. The average Bonchev–Trinajstić information content (AvgIpc) is 3.37. The van der Waals surface area contributed by atoms with E-state index in [0.29, 0.717) is 6.61 Å². The number of rotatable bonds is 3. The van der Waals surface area contributed by atoms with Crippen molar-refractivity contribution in [2.75, 3.05) is 24.6 Å². The molecule has 0 radical (unpaired) electrons. The van der Waals surface area contributed by atoms with Gasteiger partial charge in [-0.3, -0.25) is 0 Å². The predicted octanol–water partition coefficient (Wildman–Crippen LogP) is 3.74. The molecule has 0 spiro atoms. The molecule has 1 aliphatic rings. The molecular weight excluding hydrogens is 358 g/mol. The smallest absolute Gasteiger partial charge is 0.186 e. The number of thiophene rings is 1. The van der Waals surface area contributed by atoms with Gasteiger partial charge >= 0.3 is 0 Å². The molecule has 4 heterocycles. The van der Waals surface area contributed by atoms with Gasteiger partial charge in [-0.1, -0.05) is 24.3 Å². The number of benzene rings is 1. The molecule has 136 valence electrons. The molecule has 1 saturated heterocycles. The quantitative estimate of drug-likeness (QED) is 0.544. The number of fused-ring (bicyclic) bond motifs is 1. The summed E-state index contributed by atoms with van der Waals surface area (Å²) in [5, 5.41) is 17.5. The third kappa shape index (κ3) is 2.98. The van der Waals surface area contributed by atoms with Crippen molar-refractivity contribution >= 4 is 22.8 Å². The highest BCUT2D eigenvalue weighted by Crippen LogP contribution is 2.28. The standard InChI is InChI=1S/C20H19N5OS/c1-14-4-2-3-5-16(14)17-12-24(9-10-26-17)19-7-6-18-21-22-20(25(18)23-19)15-8-11-27-13-15/h2-8,11,13,17H,9-10,12H2,1H3. The second-order valence-electron chi connectivity index (χ2n) is 6.66. The second-order valence-corrected chi connectivity index (χ2v) is 7.44. The molecule has 0 saturated carbocycles. The summed E-state index contributed by atoms with van der Waals surface area (Å²) < 4.78 is 7.88. The summed E-state index contributed by atoms with van der Waals surface area (Å²) >= 11 is 1.64. The van der Waals surface area contributed by atoms with E-state index in [9.17, 15) is 0 Å². The van der Waals surface area contributed by atoms with E-state index in [1.165, 1.54) is 11.1 Å². The number of aromatic nitrogens is 4. The first kappa shape index (κ1) is 16.4. The van der Waals surface area contributed by atoms with Crippen molar-refractivity contribution in [3.05, 3.63) is 64.4 Å². The maximum atomic E-state index is 6.05. The lowest BCUT2D eigenvalue weighted by Crippen LogP contribution is -2.39.